The summed E-state index contributed by atoms with van der Waals surface area (Å²) in [5.74, 6) is 0.571. The highest BCUT2D eigenvalue weighted by molar-refractivity contribution is 7.15. The molecule has 0 atom stereocenters. The van der Waals surface area contributed by atoms with Gasteiger partial charge in [-0.1, -0.05) is 17.4 Å². The van der Waals surface area contributed by atoms with Crippen LogP contribution in [0.25, 0.3) is 0 Å². The summed E-state index contributed by atoms with van der Waals surface area (Å²) in [4.78, 5) is 12.8. The molecule has 1 aliphatic rings. The molecule has 2 heterocycles. The number of amides is 1. The Balaban J connectivity index is 1.59. The zero-order valence-corrected chi connectivity index (χ0v) is 10.7. The molecule has 1 aliphatic carbocycles. The summed E-state index contributed by atoms with van der Waals surface area (Å²) in [5.41, 5.74) is 0. The van der Waals surface area contributed by atoms with Crippen LogP contribution in [0.5, 0.6) is 0 Å². The Morgan fingerprint density at radius 3 is 3.06 bits per heavy atom. The second kappa shape index (κ2) is 4.54. The van der Waals surface area contributed by atoms with Crippen LogP contribution in [0.1, 0.15) is 28.6 Å². The lowest BCUT2D eigenvalue weighted by molar-refractivity contribution is -0.115. The van der Waals surface area contributed by atoms with E-state index in [-0.39, 0.29) is 5.91 Å². The molecular formula is C11H11N3OS2. The lowest BCUT2D eigenvalue weighted by Gasteiger charge is -1.98. The summed E-state index contributed by atoms with van der Waals surface area (Å²) in [6.45, 7) is 0. The number of nitrogens with zero attached hydrogens (tertiary/aromatic N) is 2. The molecule has 17 heavy (non-hydrogen) atoms. The Bertz CT molecular complexity index is 517. The molecule has 3 rings (SSSR count). The van der Waals surface area contributed by atoms with Gasteiger partial charge in [-0.2, -0.15) is 0 Å². The number of aromatic nitrogens is 2. The van der Waals surface area contributed by atoms with E-state index in [4.69, 9.17) is 0 Å². The highest BCUT2D eigenvalue weighted by Gasteiger charge is 2.27. The molecule has 0 aliphatic heterocycles. The van der Waals surface area contributed by atoms with Gasteiger partial charge in [0.15, 0.2) is 0 Å². The van der Waals surface area contributed by atoms with Crippen LogP contribution in [0, 0.1) is 0 Å². The maximum atomic E-state index is 11.7. The van der Waals surface area contributed by atoms with Gasteiger partial charge in [-0.25, -0.2) is 0 Å². The van der Waals surface area contributed by atoms with Crippen molar-refractivity contribution in [3.8, 4) is 0 Å². The summed E-state index contributed by atoms with van der Waals surface area (Å²) in [7, 11) is 0. The van der Waals surface area contributed by atoms with E-state index in [1.807, 2.05) is 17.5 Å². The van der Waals surface area contributed by atoms with E-state index in [1.54, 1.807) is 11.3 Å². The van der Waals surface area contributed by atoms with Crippen LogP contribution in [-0.4, -0.2) is 16.1 Å². The lowest BCUT2D eigenvalue weighted by Crippen LogP contribution is -2.13. The van der Waals surface area contributed by atoms with E-state index < -0.39 is 0 Å². The van der Waals surface area contributed by atoms with Crippen LogP contribution >= 0.6 is 22.7 Å². The summed E-state index contributed by atoms with van der Waals surface area (Å²) in [5, 5.41) is 14.5. The van der Waals surface area contributed by atoms with E-state index >= 15 is 0 Å². The van der Waals surface area contributed by atoms with Gasteiger partial charge in [-0.3, -0.25) is 4.79 Å². The van der Waals surface area contributed by atoms with Gasteiger partial charge in [0.2, 0.25) is 11.0 Å². The average molecular weight is 265 g/mol. The maximum Gasteiger partial charge on any atom is 0.231 e. The average Bonchev–Trinajstić information content (AvgIpc) is 2.84. The first kappa shape index (κ1) is 10.9. The van der Waals surface area contributed by atoms with Crippen LogP contribution in [0.2, 0.25) is 0 Å². The standard InChI is InChI=1S/C11H11N3OS2/c15-9(6-8-2-1-5-16-8)12-11-14-13-10(17-11)7-3-4-7/h1-2,5,7H,3-4,6H2,(H,12,14,15). The van der Waals surface area contributed by atoms with E-state index in [9.17, 15) is 4.79 Å². The number of nitrogens with one attached hydrogen (secondary N) is 1. The first-order valence-corrected chi connectivity index (χ1v) is 7.16. The number of carbonyl (C=O) groups is 1. The zero-order chi connectivity index (χ0) is 11.7. The fourth-order valence-corrected chi connectivity index (χ4v) is 3.15. The van der Waals surface area contributed by atoms with Crippen molar-refractivity contribution < 1.29 is 4.79 Å². The molecule has 1 fully saturated rings. The fourth-order valence-electron chi connectivity index (χ4n) is 1.52. The van der Waals surface area contributed by atoms with Crippen LogP contribution in [0.3, 0.4) is 0 Å². The molecule has 88 valence electrons. The van der Waals surface area contributed by atoms with Gasteiger partial charge < -0.3 is 5.32 Å². The largest absolute Gasteiger partial charge is 0.300 e. The highest BCUT2D eigenvalue weighted by atomic mass is 32.1. The Morgan fingerprint density at radius 1 is 1.47 bits per heavy atom. The molecule has 6 heteroatoms. The summed E-state index contributed by atoms with van der Waals surface area (Å²) < 4.78 is 0. The predicted octanol–water partition coefficient (Wildman–Crippen LogP) is 2.66. The predicted molar refractivity (Wildman–Crippen MR) is 68.5 cm³/mol. The number of hydrogen-bond acceptors (Lipinski definition) is 5. The smallest absolute Gasteiger partial charge is 0.231 e. The minimum atomic E-state index is -0.0223. The number of anilines is 1. The molecule has 1 amide bonds. The first-order valence-electron chi connectivity index (χ1n) is 5.47. The molecule has 2 aromatic rings. The lowest BCUT2D eigenvalue weighted by atomic mass is 10.3. The van der Waals surface area contributed by atoms with Gasteiger partial charge in [0.25, 0.3) is 0 Å². The van der Waals surface area contributed by atoms with E-state index in [0.29, 0.717) is 17.5 Å². The molecule has 0 aromatic carbocycles. The van der Waals surface area contributed by atoms with Gasteiger partial charge in [0.1, 0.15) is 5.01 Å². The first-order chi connectivity index (χ1) is 8.31. The second-order valence-corrected chi connectivity index (χ2v) is 6.07. The summed E-state index contributed by atoms with van der Waals surface area (Å²) in [6, 6.07) is 3.91. The van der Waals surface area contributed by atoms with Crippen LogP contribution in [-0.2, 0) is 11.2 Å². The summed E-state index contributed by atoms with van der Waals surface area (Å²) in [6.07, 6.45) is 2.82. The van der Waals surface area contributed by atoms with Crippen molar-refractivity contribution >= 4 is 33.7 Å². The molecule has 4 nitrogen and oxygen atoms in total. The monoisotopic (exact) mass is 265 g/mol. The molecule has 0 unspecified atom stereocenters. The van der Waals surface area contributed by atoms with Crippen LogP contribution in [0.15, 0.2) is 17.5 Å². The van der Waals surface area contributed by atoms with Gasteiger partial charge in [-0.05, 0) is 24.3 Å². The van der Waals surface area contributed by atoms with E-state index in [2.05, 4.69) is 15.5 Å². The van der Waals surface area contributed by atoms with Gasteiger partial charge in [-0.15, -0.1) is 21.5 Å². The maximum absolute atomic E-state index is 11.7. The minimum absolute atomic E-state index is 0.0223. The molecule has 0 saturated heterocycles. The topological polar surface area (TPSA) is 54.9 Å². The molecule has 0 radical (unpaired) electrons. The van der Waals surface area contributed by atoms with Crippen molar-refractivity contribution in [2.45, 2.75) is 25.2 Å². The summed E-state index contributed by atoms with van der Waals surface area (Å²) >= 11 is 3.08. The Labute approximate surface area is 107 Å². The molecular weight excluding hydrogens is 254 g/mol. The zero-order valence-electron chi connectivity index (χ0n) is 9.05. The second-order valence-electron chi connectivity index (χ2n) is 4.02. The van der Waals surface area contributed by atoms with Crippen molar-refractivity contribution in [1.82, 2.24) is 10.2 Å². The SMILES string of the molecule is O=C(Cc1cccs1)Nc1nnc(C2CC2)s1. The van der Waals surface area contributed by atoms with Gasteiger partial charge >= 0.3 is 0 Å². The van der Waals surface area contributed by atoms with Gasteiger partial charge in [0.05, 0.1) is 6.42 Å². The number of carbonyl (C=O) groups excluding carboxylic acids is 1. The number of hydrogen-bond donors (Lipinski definition) is 1. The van der Waals surface area contributed by atoms with Crippen molar-refractivity contribution in [3.05, 3.63) is 27.4 Å². The Morgan fingerprint density at radius 2 is 2.35 bits per heavy atom. The van der Waals surface area contributed by atoms with E-state index in [0.717, 1.165) is 9.88 Å². The van der Waals surface area contributed by atoms with Crippen molar-refractivity contribution in [2.75, 3.05) is 5.32 Å². The molecule has 0 spiro atoms. The van der Waals surface area contributed by atoms with Crippen LogP contribution in [0.4, 0.5) is 5.13 Å². The van der Waals surface area contributed by atoms with Crippen molar-refractivity contribution in [2.24, 2.45) is 0 Å². The van der Waals surface area contributed by atoms with Gasteiger partial charge in [0, 0.05) is 10.8 Å². The minimum Gasteiger partial charge on any atom is -0.300 e. The Hall–Kier alpha value is -1.27. The molecule has 0 bridgehead atoms. The third kappa shape index (κ3) is 2.70. The van der Waals surface area contributed by atoms with E-state index in [1.165, 1.54) is 24.2 Å². The van der Waals surface area contributed by atoms with Crippen LogP contribution < -0.4 is 5.32 Å². The Kier molecular flexibility index (Phi) is 2.90. The highest BCUT2D eigenvalue weighted by Crippen LogP contribution is 2.42. The normalized spacial score (nSPS) is 14.8. The number of rotatable bonds is 4. The van der Waals surface area contributed by atoms with Crippen molar-refractivity contribution in [3.63, 3.8) is 0 Å². The molecule has 2 aromatic heterocycles. The third-order valence-electron chi connectivity index (χ3n) is 2.53. The quantitative estimate of drug-likeness (QED) is 0.924. The fraction of sp³-hybridized carbons (Fsp3) is 0.364. The third-order valence-corrected chi connectivity index (χ3v) is 4.41. The molecule has 1 N–H and O–H groups in total. The van der Waals surface area contributed by atoms with Crippen molar-refractivity contribution in [1.29, 1.82) is 0 Å². The molecule has 1 saturated carbocycles. The number of thiophene rings is 1.